The number of anilines is 1. The molecule has 0 bridgehead atoms. The molecule has 2 aromatic heterocycles. The van der Waals surface area contributed by atoms with Gasteiger partial charge in [-0.25, -0.2) is 9.97 Å². The van der Waals surface area contributed by atoms with Gasteiger partial charge in [0, 0.05) is 58.6 Å². The normalized spacial score (nSPS) is 18.6. The lowest BCUT2D eigenvalue weighted by atomic mass is 10.2. The Morgan fingerprint density at radius 3 is 2.35 bits per heavy atom. The predicted octanol–water partition coefficient (Wildman–Crippen LogP) is 2.16. The summed E-state index contributed by atoms with van der Waals surface area (Å²) in [7, 11) is 0. The van der Waals surface area contributed by atoms with E-state index < -0.39 is 0 Å². The van der Waals surface area contributed by atoms with Crippen molar-refractivity contribution in [3.63, 3.8) is 0 Å². The molecule has 0 aliphatic carbocycles. The summed E-state index contributed by atoms with van der Waals surface area (Å²) in [6, 6.07) is 14.3. The van der Waals surface area contributed by atoms with Crippen molar-refractivity contribution < 1.29 is 4.79 Å². The number of para-hydroxylation sites is 1. The van der Waals surface area contributed by atoms with E-state index in [1.807, 2.05) is 29.3 Å². The Morgan fingerprint density at radius 2 is 1.61 bits per heavy atom. The average Bonchev–Trinajstić information content (AvgIpc) is 3.23. The van der Waals surface area contributed by atoms with E-state index in [-0.39, 0.29) is 5.91 Å². The third-order valence-electron chi connectivity index (χ3n) is 6.13. The SMILES string of the molecule is O=C(CN1CCN(c2ccccn2)CC1)N1CCN(Cc2nc3ccccc3s2)CC1. The topological polar surface area (TPSA) is 55.8 Å². The number of rotatable bonds is 5. The zero-order chi connectivity index (χ0) is 21.0. The van der Waals surface area contributed by atoms with Gasteiger partial charge < -0.3 is 9.80 Å². The molecular weight excluding hydrogens is 408 g/mol. The number of carbonyl (C=O) groups excluding carboxylic acids is 1. The first-order valence-electron chi connectivity index (χ1n) is 11.0. The lowest BCUT2D eigenvalue weighted by Gasteiger charge is -2.38. The van der Waals surface area contributed by atoms with Crippen LogP contribution in [-0.4, -0.2) is 89.5 Å². The maximum atomic E-state index is 12.8. The highest BCUT2D eigenvalue weighted by molar-refractivity contribution is 7.18. The summed E-state index contributed by atoms with van der Waals surface area (Å²) < 4.78 is 1.24. The maximum absolute atomic E-state index is 12.8. The number of fused-ring (bicyclic) bond motifs is 1. The minimum absolute atomic E-state index is 0.255. The van der Waals surface area contributed by atoms with Crippen LogP contribution in [0.2, 0.25) is 0 Å². The molecule has 1 aromatic carbocycles. The lowest BCUT2D eigenvalue weighted by molar-refractivity contribution is -0.134. The van der Waals surface area contributed by atoms with Crippen molar-refractivity contribution in [2.75, 3.05) is 63.8 Å². The molecule has 8 heteroatoms. The molecule has 2 fully saturated rings. The number of aromatic nitrogens is 2. The van der Waals surface area contributed by atoms with E-state index in [1.54, 1.807) is 11.3 Å². The van der Waals surface area contributed by atoms with Gasteiger partial charge in [0.1, 0.15) is 10.8 Å². The second-order valence-electron chi connectivity index (χ2n) is 8.18. The van der Waals surface area contributed by atoms with Gasteiger partial charge in [-0.2, -0.15) is 0 Å². The van der Waals surface area contributed by atoms with Crippen molar-refractivity contribution >= 4 is 33.3 Å². The molecule has 0 spiro atoms. The van der Waals surface area contributed by atoms with Gasteiger partial charge in [0.05, 0.1) is 23.3 Å². The van der Waals surface area contributed by atoms with Crippen LogP contribution in [0.25, 0.3) is 10.2 Å². The number of thiazole rings is 1. The average molecular weight is 437 g/mol. The molecule has 0 N–H and O–H groups in total. The van der Waals surface area contributed by atoms with Crippen LogP contribution in [0.3, 0.4) is 0 Å². The number of nitrogens with zero attached hydrogens (tertiary/aromatic N) is 6. The lowest BCUT2D eigenvalue weighted by Crippen LogP contribution is -2.53. The zero-order valence-electron chi connectivity index (χ0n) is 17.7. The first-order valence-corrected chi connectivity index (χ1v) is 11.8. The summed E-state index contributed by atoms with van der Waals surface area (Å²) in [5.41, 5.74) is 1.08. The summed E-state index contributed by atoms with van der Waals surface area (Å²) in [4.78, 5) is 31.0. The van der Waals surface area contributed by atoms with Crippen LogP contribution in [0.5, 0.6) is 0 Å². The van der Waals surface area contributed by atoms with Crippen LogP contribution in [0.1, 0.15) is 5.01 Å². The summed E-state index contributed by atoms with van der Waals surface area (Å²) in [6.07, 6.45) is 1.84. The quantitative estimate of drug-likeness (QED) is 0.611. The number of carbonyl (C=O) groups is 1. The van der Waals surface area contributed by atoms with E-state index in [0.29, 0.717) is 6.54 Å². The van der Waals surface area contributed by atoms with Crippen LogP contribution >= 0.6 is 11.3 Å². The fourth-order valence-corrected chi connectivity index (χ4v) is 5.31. The summed E-state index contributed by atoms with van der Waals surface area (Å²) >= 11 is 1.77. The highest BCUT2D eigenvalue weighted by atomic mass is 32.1. The molecule has 5 rings (SSSR count). The second kappa shape index (κ2) is 9.30. The summed E-state index contributed by atoms with van der Waals surface area (Å²) in [6.45, 7) is 8.46. The molecule has 3 aromatic rings. The monoisotopic (exact) mass is 436 g/mol. The van der Waals surface area contributed by atoms with E-state index in [1.165, 1.54) is 4.70 Å². The fourth-order valence-electron chi connectivity index (χ4n) is 4.30. The van der Waals surface area contributed by atoms with Gasteiger partial charge in [0.15, 0.2) is 0 Å². The minimum Gasteiger partial charge on any atom is -0.354 e. The van der Waals surface area contributed by atoms with Crippen molar-refractivity contribution in [2.24, 2.45) is 0 Å². The van der Waals surface area contributed by atoms with Gasteiger partial charge in [-0.1, -0.05) is 18.2 Å². The molecule has 2 aliphatic rings. The first kappa shape index (κ1) is 20.4. The maximum Gasteiger partial charge on any atom is 0.236 e. The van der Waals surface area contributed by atoms with Crippen LogP contribution in [-0.2, 0) is 11.3 Å². The largest absolute Gasteiger partial charge is 0.354 e. The number of hydrogen-bond donors (Lipinski definition) is 0. The summed E-state index contributed by atoms with van der Waals surface area (Å²) in [5, 5.41) is 1.16. The summed E-state index contributed by atoms with van der Waals surface area (Å²) in [5.74, 6) is 1.28. The second-order valence-corrected chi connectivity index (χ2v) is 9.30. The molecule has 31 heavy (non-hydrogen) atoms. The Hall–Kier alpha value is -2.55. The third-order valence-corrected chi connectivity index (χ3v) is 7.15. The molecule has 2 saturated heterocycles. The molecule has 0 atom stereocenters. The van der Waals surface area contributed by atoms with E-state index >= 15 is 0 Å². The highest BCUT2D eigenvalue weighted by Gasteiger charge is 2.25. The molecular formula is C23H28N6OS. The Kier molecular flexibility index (Phi) is 6.11. The van der Waals surface area contributed by atoms with Crippen LogP contribution in [0.4, 0.5) is 5.82 Å². The third kappa shape index (κ3) is 4.87. The van der Waals surface area contributed by atoms with Gasteiger partial charge in [-0.15, -0.1) is 11.3 Å². The number of pyridine rings is 1. The van der Waals surface area contributed by atoms with Crippen molar-refractivity contribution in [3.8, 4) is 0 Å². The Balaban J connectivity index is 1.06. The van der Waals surface area contributed by atoms with Crippen LogP contribution in [0.15, 0.2) is 48.7 Å². The van der Waals surface area contributed by atoms with E-state index in [2.05, 4.69) is 43.9 Å². The standard InChI is InChI=1S/C23H28N6OS/c30-23(18-27-9-13-28(14-10-27)21-7-3-4-8-24-21)29-15-11-26(12-16-29)17-22-25-19-5-1-2-6-20(19)31-22/h1-8H,9-18H2. The zero-order valence-corrected chi connectivity index (χ0v) is 18.5. The molecule has 1 amide bonds. The van der Waals surface area contributed by atoms with Crippen molar-refractivity contribution in [1.29, 1.82) is 0 Å². The first-order chi connectivity index (χ1) is 15.2. The van der Waals surface area contributed by atoms with Crippen molar-refractivity contribution in [2.45, 2.75) is 6.54 Å². The molecule has 2 aliphatic heterocycles. The van der Waals surface area contributed by atoms with Crippen LogP contribution < -0.4 is 4.90 Å². The Bertz CT molecular complexity index is 976. The van der Waals surface area contributed by atoms with Crippen molar-refractivity contribution in [3.05, 3.63) is 53.7 Å². The van der Waals surface area contributed by atoms with E-state index in [9.17, 15) is 4.79 Å². The van der Waals surface area contributed by atoms with Gasteiger partial charge >= 0.3 is 0 Å². The number of benzene rings is 1. The molecule has 0 saturated carbocycles. The van der Waals surface area contributed by atoms with E-state index in [4.69, 9.17) is 4.98 Å². The molecule has 0 radical (unpaired) electrons. The number of piperazine rings is 2. The van der Waals surface area contributed by atoms with E-state index in [0.717, 1.165) is 75.2 Å². The number of amides is 1. The smallest absolute Gasteiger partial charge is 0.236 e. The molecule has 4 heterocycles. The van der Waals surface area contributed by atoms with Gasteiger partial charge in [-0.3, -0.25) is 14.6 Å². The molecule has 7 nitrogen and oxygen atoms in total. The van der Waals surface area contributed by atoms with Crippen molar-refractivity contribution in [1.82, 2.24) is 24.7 Å². The number of hydrogen-bond acceptors (Lipinski definition) is 7. The Morgan fingerprint density at radius 1 is 0.871 bits per heavy atom. The van der Waals surface area contributed by atoms with Gasteiger partial charge in [0.25, 0.3) is 0 Å². The highest BCUT2D eigenvalue weighted by Crippen LogP contribution is 2.23. The fraction of sp³-hybridized carbons (Fsp3) is 0.435. The minimum atomic E-state index is 0.255. The molecule has 0 unspecified atom stereocenters. The Labute approximate surface area is 186 Å². The van der Waals surface area contributed by atoms with Crippen LogP contribution in [0, 0.1) is 0 Å². The van der Waals surface area contributed by atoms with Gasteiger partial charge in [-0.05, 0) is 24.3 Å². The molecule has 162 valence electrons. The predicted molar refractivity (Wildman–Crippen MR) is 124 cm³/mol. The van der Waals surface area contributed by atoms with Gasteiger partial charge in [0.2, 0.25) is 5.91 Å².